The molecule has 0 spiro atoms. The summed E-state index contributed by atoms with van der Waals surface area (Å²) < 4.78 is 2.96. The number of fused-ring (bicyclic) bond motifs is 1. The van der Waals surface area contributed by atoms with Crippen LogP contribution in [0.5, 0.6) is 0 Å². The first-order valence-corrected chi connectivity index (χ1v) is 7.96. The van der Waals surface area contributed by atoms with Crippen molar-refractivity contribution in [2.24, 2.45) is 5.10 Å². The van der Waals surface area contributed by atoms with Gasteiger partial charge in [0.2, 0.25) is 5.16 Å². The summed E-state index contributed by atoms with van der Waals surface area (Å²) in [6.45, 7) is 2.14. The lowest BCUT2D eigenvalue weighted by molar-refractivity contribution is -0.00000388. The fraction of sp³-hybridized carbons (Fsp3) is 0.308. The Labute approximate surface area is 141 Å². The normalized spacial score (nSPS) is 13.4. The van der Waals surface area contributed by atoms with Crippen LogP contribution >= 0.6 is 27.7 Å². The highest BCUT2D eigenvalue weighted by molar-refractivity contribution is 9.10. The van der Waals surface area contributed by atoms with E-state index >= 15 is 0 Å². The van der Waals surface area contributed by atoms with E-state index in [0.29, 0.717) is 0 Å². The fourth-order valence-electron chi connectivity index (χ4n) is 1.93. The molecule has 2 heterocycles. The summed E-state index contributed by atoms with van der Waals surface area (Å²) in [5.74, 6) is 1.78. The third kappa shape index (κ3) is 3.15. The van der Waals surface area contributed by atoms with Gasteiger partial charge < -0.3 is 17.0 Å². The molecule has 0 saturated heterocycles. The molecule has 106 valence electrons. The Morgan fingerprint density at radius 3 is 2.70 bits per heavy atom. The Morgan fingerprint density at radius 1 is 1.25 bits per heavy atom. The van der Waals surface area contributed by atoms with Crippen LogP contribution in [0.1, 0.15) is 24.7 Å². The molecule has 0 radical (unpaired) electrons. The second-order valence-electron chi connectivity index (χ2n) is 4.30. The summed E-state index contributed by atoms with van der Waals surface area (Å²) in [6, 6.07) is 8.24. The second kappa shape index (κ2) is 6.87. The average Bonchev–Trinajstić information content (AvgIpc) is 2.83. The maximum Gasteiger partial charge on any atom is 0.212 e. The van der Waals surface area contributed by atoms with E-state index in [1.807, 2.05) is 16.8 Å². The maximum absolute atomic E-state index is 4.70. The van der Waals surface area contributed by atoms with Crippen LogP contribution in [0.3, 0.4) is 0 Å². The Balaban J connectivity index is 0.00000147. The molecule has 0 N–H and O–H groups in total. The van der Waals surface area contributed by atoms with Crippen LogP contribution in [-0.4, -0.2) is 26.3 Å². The molecule has 7 heteroatoms. The monoisotopic (exact) mass is 415 g/mol. The van der Waals surface area contributed by atoms with E-state index < -0.39 is 0 Å². The zero-order valence-corrected chi connectivity index (χ0v) is 14.9. The quantitative estimate of drug-likeness (QED) is 0.725. The van der Waals surface area contributed by atoms with Gasteiger partial charge in [0.1, 0.15) is 0 Å². The van der Waals surface area contributed by atoms with Gasteiger partial charge in [-0.3, -0.25) is 0 Å². The molecular formula is C13H13Br2N4S-. The summed E-state index contributed by atoms with van der Waals surface area (Å²) in [5, 5.41) is 14.0. The minimum Gasteiger partial charge on any atom is -1.00 e. The highest BCUT2D eigenvalue weighted by Crippen LogP contribution is 2.24. The number of hydrogen-bond acceptors (Lipinski definition) is 4. The van der Waals surface area contributed by atoms with E-state index in [9.17, 15) is 0 Å². The molecule has 3 rings (SSSR count). The lowest BCUT2D eigenvalue weighted by atomic mass is 10.1. The number of rotatable bonds is 3. The molecule has 0 unspecified atom stereocenters. The van der Waals surface area contributed by atoms with Gasteiger partial charge in [-0.05, 0) is 24.1 Å². The van der Waals surface area contributed by atoms with Gasteiger partial charge in [-0.1, -0.05) is 46.7 Å². The first-order valence-electron chi connectivity index (χ1n) is 6.19. The van der Waals surface area contributed by atoms with Crippen molar-refractivity contribution >= 4 is 33.4 Å². The molecular weight excluding hydrogens is 404 g/mol. The maximum atomic E-state index is 4.70. The number of halogens is 2. The number of benzene rings is 1. The Bertz CT molecular complexity index is 622. The van der Waals surface area contributed by atoms with E-state index in [-0.39, 0.29) is 17.0 Å². The van der Waals surface area contributed by atoms with Gasteiger partial charge >= 0.3 is 0 Å². The highest BCUT2D eigenvalue weighted by atomic mass is 79.9. The largest absolute Gasteiger partial charge is 1.00 e. The van der Waals surface area contributed by atoms with Gasteiger partial charge in [0, 0.05) is 16.6 Å². The van der Waals surface area contributed by atoms with E-state index in [1.165, 1.54) is 0 Å². The third-order valence-corrected chi connectivity index (χ3v) is 4.35. The zero-order valence-electron chi connectivity index (χ0n) is 10.9. The molecule has 4 nitrogen and oxygen atoms in total. The van der Waals surface area contributed by atoms with Gasteiger partial charge in [-0.15, -0.1) is 10.2 Å². The van der Waals surface area contributed by atoms with Gasteiger partial charge in [0.15, 0.2) is 5.82 Å². The number of aryl methyl sites for hydroxylation is 1. The van der Waals surface area contributed by atoms with Gasteiger partial charge in [0.25, 0.3) is 0 Å². The molecule has 20 heavy (non-hydrogen) atoms. The van der Waals surface area contributed by atoms with Crippen molar-refractivity contribution in [3.05, 3.63) is 40.1 Å². The molecule has 0 bridgehead atoms. The van der Waals surface area contributed by atoms with E-state index in [1.54, 1.807) is 11.8 Å². The number of thioether (sulfide) groups is 1. The van der Waals surface area contributed by atoms with Crippen molar-refractivity contribution in [3.63, 3.8) is 0 Å². The molecule has 1 aromatic carbocycles. The first kappa shape index (κ1) is 15.7. The predicted octanol–water partition coefficient (Wildman–Crippen LogP) is 0.355. The molecule has 1 aliphatic rings. The molecule has 1 aliphatic heterocycles. The van der Waals surface area contributed by atoms with Crippen LogP contribution in [0.15, 0.2) is 39.0 Å². The van der Waals surface area contributed by atoms with Crippen LogP contribution in [0, 0.1) is 0 Å². The lowest BCUT2D eigenvalue weighted by Gasteiger charge is -2.13. The smallest absolute Gasteiger partial charge is 0.212 e. The molecule has 0 fully saturated rings. The van der Waals surface area contributed by atoms with Crippen molar-refractivity contribution in [2.75, 3.05) is 5.75 Å². The van der Waals surface area contributed by atoms with Crippen LogP contribution in [0.4, 0.5) is 0 Å². The minimum atomic E-state index is 0. The van der Waals surface area contributed by atoms with Crippen molar-refractivity contribution in [3.8, 4) is 0 Å². The third-order valence-electron chi connectivity index (χ3n) is 2.89. The van der Waals surface area contributed by atoms with Crippen LogP contribution < -0.4 is 17.0 Å². The first-order chi connectivity index (χ1) is 9.28. The summed E-state index contributed by atoms with van der Waals surface area (Å²) in [5.41, 5.74) is 2.22. The van der Waals surface area contributed by atoms with Crippen molar-refractivity contribution in [1.82, 2.24) is 14.9 Å². The zero-order chi connectivity index (χ0) is 13.2. The summed E-state index contributed by atoms with van der Waals surface area (Å²) in [7, 11) is 0. The minimum absolute atomic E-state index is 0. The predicted molar refractivity (Wildman–Crippen MR) is 80.8 cm³/mol. The molecule has 0 saturated carbocycles. The SMILES string of the molecule is CCCc1nnc2n1N=C(c1ccc(Br)cc1)CS2.[Br-]. The van der Waals surface area contributed by atoms with E-state index in [4.69, 9.17) is 5.10 Å². The standard InChI is InChI=1S/C13H13BrN4S.BrH/c1-2-3-12-15-16-13-18(12)17-11(8-19-13)9-4-6-10(14)7-5-9;/h4-7H,2-3,8H2,1H3;1H/p-1. The topological polar surface area (TPSA) is 43.1 Å². The summed E-state index contributed by atoms with van der Waals surface area (Å²) in [4.78, 5) is 0. The molecule has 0 atom stereocenters. The molecule has 0 aliphatic carbocycles. The fourth-order valence-corrected chi connectivity index (χ4v) is 3.05. The van der Waals surface area contributed by atoms with E-state index in [2.05, 4.69) is 45.2 Å². The van der Waals surface area contributed by atoms with E-state index in [0.717, 1.165) is 45.3 Å². The molecule has 2 aromatic rings. The van der Waals surface area contributed by atoms with Crippen molar-refractivity contribution < 1.29 is 17.0 Å². The molecule has 1 aromatic heterocycles. The summed E-state index contributed by atoms with van der Waals surface area (Å²) >= 11 is 5.14. The summed E-state index contributed by atoms with van der Waals surface area (Å²) in [6.07, 6.45) is 1.95. The van der Waals surface area contributed by atoms with Crippen molar-refractivity contribution in [2.45, 2.75) is 24.9 Å². The second-order valence-corrected chi connectivity index (χ2v) is 6.16. The Kier molecular flexibility index (Phi) is 5.40. The highest BCUT2D eigenvalue weighted by Gasteiger charge is 2.19. The number of aromatic nitrogens is 3. The van der Waals surface area contributed by atoms with Gasteiger partial charge in [-0.2, -0.15) is 9.78 Å². The van der Waals surface area contributed by atoms with Crippen LogP contribution in [0.2, 0.25) is 0 Å². The Morgan fingerprint density at radius 2 is 2.00 bits per heavy atom. The van der Waals surface area contributed by atoms with Gasteiger partial charge in [-0.25, -0.2) is 0 Å². The number of nitrogens with zero attached hydrogens (tertiary/aromatic N) is 4. The average molecular weight is 417 g/mol. The lowest BCUT2D eigenvalue weighted by Crippen LogP contribution is -3.00. The molecule has 0 amide bonds. The van der Waals surface area contributed by atoms with Crippen LogP contribution in [0.25, 0.3) is 0 Å². The number of hydrogen-bond donors (Lipinski definition) is 0. The van der Waals surface area contributed by atoms with Crippen molar-refractivity contribution in [1.29, 1.82) is 0 Å². The Hall–Kier alpha value is -0.660. The van der Waals surface area contributed by atoms with Crippen LogP contribution in [-0.2, 0) is 6.42 Å². The van der Waals surface area contributed by atoms with Gasteiger partial charge in [0.05, 0.1) is 5.71 Å².